The Morgan fingerprint density at radius 2 is 2.00 bits per heavy atom. The minimum absolute atomic E-state index is 0.0227. The number of benzene rings is 1. The molecule has 1 aromatic carbocycles. The van der Waals surface area contributed by atoms with E-state index in [-0.39, 0.29) is 17.9 Å². The highest BCUT2D eigenvalue weighted by atomic mass is 16.5. The van der Waals surface area contributed by atoms with Crippen molar-refractivity contribution in [3.63, 3.8) is 0 Å². The molecule has 2 aromatic rings. The van der Waals surface area contributed by atoms with Crippen molar-refractivity contribution in [1.82, 2.24) is 15.3 Å². The van der Waals surface area contributed by atoms with Crippen LogP contribution in [0.15, 0.2) is 36.5 Å². The normalized spacial score (nSPS) is 20.0. The Morgan fingerprint density at radius 1 is 1.25 bits per heavy atom. The lowest BCUT2D eigenvalue weighted by atomic mass is 9.94. The summed E-state index contributed by atoms with van der Waals surface area (Å²) in [6.07, 6.45) is 1.77. The van der Waals surface area contributed by atoms with E-state index in [1.54, 1.807) is 20.2 Å². The molecule has 0 bridgehead atoms. The van der Waals surface area contributed by atoms with Crippen molar-refractivity contribution in [2.45, 2.75) is 25.8 Å². The Hall–Kier alpha value is -2.63. The summed E-state index contributed by atoms with van der Waals surface area (Å²) in [6.45, 7) is 4.96. The Morgan fingerprint density at radius 3 is 2.62 bits per heavy atom. The van der Waals surface area contributed by atoms with E-state index in [1.165, 1.54) is 5.56 Å². The van der Waals surface area contributed by atoms with Gasteiger partial charge in [0.25, 0.3) is 0 Å². The molecule has 126 valence electrons. The number of aryl methyl sites for hydroxylation is 1. The van der Waals surface area contributed by atoms with Gasteiger partial charge in [0.1, 0.15) is 5.75 Å². The number of carbonyl (C=O) groups excluding carboxylic acids is 1. The van der Waals surface area contributed by atoms with E-state index in [0.29, 0.717) is 12.5 Å². The molecule has 6 nitrogen and oxygen atoms in total. The molecule has 1 aliphatic heterocycles. The van der Waals surface area contributed by atoms with Crippen molar-refractivity contribution in [3.8, 4) is 5.75 Å². The fourth-order valence-corrected chi connectivity index (χ4v) is 3.15. The molecule has 2 heterocycles. The summed E-state index contributed by atoms with van der Waals surface area (Å²) in [5.74, 6) is 1.70. The molecule has 1 amide bonds. The van der Waals surface area contributed by atoms with Crippen LogP contribution >= 0.6 is 0 Å². The highest BCUT2D eigenvalue weighted by molar-refractivity contribution is 5.73. The van der Waals surface area contributed by atoms with Crippen LogP contribution in [0, 0.1) is 6.92 Å². The molecule has 24 heavy (non-hydrogen) atoms. The molecule has 1 aliphatic rings. The zero-order valence-corrected chi connectivity index (χ0v) is 14.2. The molecular formula is C18H22N4O2. The average molecular weight is 326 g/mol. The minimum Gasteiger partial charge on any atom is -0.497 e. The van der Waals surface area contributed by atoms with Crippen molar-refractivity contribution in [2.75, 3.05) is 25.1 Å². The second-order valence-electron chi connectivity index (χ2n) is 6.09. The lowest BCUT2D eigenvalue weighted by Crippen LogP contribution is -2.38. The van der Waals surface area contributed by atoms with Crippen LogP contribution in [-0.2, 0) is 4.79 Å². The number of carbonyl (C=O) groups is 1. The topological polar surface area (TPSA) is 67.3 Å². The first-order valence-electron chi connectivity index (χ1n) is 8.02. The molecule has 6 heteroatoms. The van der Waals surface area contributed by atoms with Gasteiger partial charge in [-0.3, -0.25) is 4.79 Å². The molecule has 0 radical (unpaired) electrons. The van der Waals surface area contributed by atoms with E-state index in [2.05, 4.69) is 32.3 Å². The lowest BCUT2D eigenvalue weighted by molar-refractivity contribution is -0.119. The predicted molar refractivity (Wildman–Crippen MR) is 92.3 cm³/mol. The fraction of sp³-hybridized carbons (Fsp3) is 0.389. The van der Waals surface area contributed by atoms with E-state index >= 15 is 0 Å². The molecule has 1 aromatic heterocycles. The maximum absolute atomic E-state index is 11.6. The van der Waals surface area contributed by atoms with Crippen LogP contribution < -0.4 is 15.0 Å². The number of anilines is 1. The molecule has 0 saturated carbocycles. The fourth-order valence-electron chi connectivity index (χ4n) is 3.15. The number of hydrogen-bond acceptors (Lipinski definition) is 5. The highest BCUT2D eigenvalue weighted by Crippen LogP contribution is 2.30. The Bertz CT molecular complexity index is 717. The maximum atomic E-state index is 11.6. The van der Waals surface area contributed by atoms with Gasteiger partial charge in [-0.1, -0.05) is 12.1 Å². The zero-order chi connectivity index (χ0) is 17.1. The van der Waals surface area contributed by atoms with Crippen LogP contribution in [0.25, 0.3) is 0 Å². The van der Waals surface area contributed by atoms with Crippen LogP contribution in [0.2, 0.25) is 0 Å². The van der Waals surface area contributed by atoms with Crippen molar-refractivity contribution in [3.05, 3.63) is 47.8 Å². The lowest BCUT2D eigenvalue weighted by Gasteiger charge is -2.19. The van der Waals surface area contributed by atoms with Crippen LogP contribution in [0.4, 0.5) is 5.95 Å². The number of ether oxygens (including phenoxy) is 1. The van der Waals surface area contributed by atoms with Crippen molar-refractivity contribution < 1.29 is 9.53 Å². The third kappa shape index (κ3) is 3.48. The molecule has 1 saturated heterocycles. The largest absolute Gasteiger partial charge is 0.497 e. The van der Waals surface area contributed by atoms with Gasteiger partial charge in [0.2, 0.25) is 11.9 Å². The molecule has 0 spiro atoms. The Balaban J connectivity index is 1.86. The quantitative estimate of drug-likeness (QED) is 0.929. The van der Waals surface area contributed by atoms with Gasteiger partial charge in [-0.05, 0) is 30.7 Å². The number of nitrogens with one attached hydrogen (secondary N) is 1. The van der Waals surface area contributed by atoms with E-state index in [0.717, 1.165) is 18.0 Å². The van der Waals surface area contributed by atoms with Crippen LogP contribution in [-0.4, -0.2) is 42.1 Å². The van der Waals surface area contributed by atoms with E-state index in [9.17, 15) is 4.79 Å². The summed E-state index contributed by atoms with van der Waals surface area (Å²) < 4.78 is 5.23. The van der Waals surface area contributed by atoms with Gasteiger partial charge in [-0.2, -0.15) is 0 Å². The SMILES string of the molecule is COc1ccc(C2CN(c3nccc(C)n3)CC2NC(C)=O)cc1. The van der Waals surface area contributed by atoms with Gasteiger partial charge >= 0.3 is 0 Å². The highest BCUT2D eigenvalue weighted by Gasteiger charge is 2.35. The first kappa shape index (κ1) is 16.2. The monoisotopic (exact) mass is 326 g/mol. The van der Waals surface area contributed by atoms with Gasteiger partial charge in [0.05, 0.1) is 13.2 Å². The Labute approximate surface area is 141 Å². The second kappa shape index (κ2) is 6.86. The number of hydrogen-bond donors (Lipinski definition) is 1. The van der Waals surface area contributed by atoms with Gasteiger partial charge in [0, 0.05) is 37.8 Å². The van der Waals surface area contributed by atoms with Crippen LogP contribution in [0.3, 0.4) is 0 Å². The van der Waals surface area contributed by atoms with Gasteiger partial charge < -0.3 is 15.0 Å². The molecular weight excluding hydrogens is 304 g/mol. The van der Waals surface area contributed by atoms with Crippen molar-refractivity contribution in [1.29, 1.82) is 0 Å². The average Bonchev–Trinajstić information content (AvgIpc) is 2.98. The number of amides is 1. The van der Waals surface area contributed by atoms with E-state index in [1.807, 2.05) is 25.1 Å². The minimum atomic E-state index is -0.0227. The first-order valence-corrected chi connectivity index (χ1v) is 8.02. The van der Waals surface area contributed by atoms with Crippen LogP contribution in [0.1, 0.15) is 24.1 Å². The second-order valence-corrected chi connectivity index (χ2v) is 6.09. The molecule has 2 atom stereocenters. The standard InChI is InChI=1S/C18H22N4O2/c1-12-8-9-19-18(20-12)22-10-16(17(11-22)21-13(2)23)14-4-6-15(24-3)7-5-14/h4-9,16-17H,10-11H2,1-3H3,(H,21,23). The first-order chi connectivity index (χ1) is 11.6. The molecule has 3 rings (SSSR count). The molecule has 2 unspecified atom stereocenters. The summed E-state index contributed by atoms with van der Waals surface area (Å²) in [6, 6.07) is 9.92. The number of nitrogens with zero attached hydrogens (tertiary/aromatic N) is 3. The van der Waals surface area contributed by atoms with Crippen molar-refractivity contribution in [2.24, 2.45) is 0 Å². The van der Waals surface area contributed by atoms with Crippen LogP contribution in [0.5, 0.6) is 5.75 Å². The summed E-state index contributed by atoms with van der Waals surface area (Å²) in [4.78, 5) is 22.6. The van der Waals surface area contributed by atoms with E-state index < -0.39 is 0 Å². The summed E-state index contributed by atoms with van der Waals surface area (Å²) in [7, 11) is 1.65. The van der Waals surface area contributed by atoms with Gasteiger partial charge in [-0.25, -0.2) is 9.97 Å². The summed E-state index contributed by atoms with van der Waals surface area (Å²) in [5, 5.41) is 3.07. The third-order valence-corrected chi connectivity index (χ3v) is 4.32. The maximum Gasteiger partial charge on any atom is 0.225 e. The third-order valence-electron chi connectivity index (χ3n) is 4.32. The van der Waals surface area contributed by atoms with Gasteiger partial charge in [-0.15, -0.1) is 0 Å². The molecule has 1 N–H and O–H groups in total. The zero-order valence-electron chi connectivity index (χ0n) is 14.2. The predicted octanol–water partition coefficient (Wildman–Crippen LogP) is 1.90. The number of rotatable bonds is 4. The molecule has 1 fully saturated rings. The Kier molecular flexibility index (Phi) is 4.64. The van der Waals surface area contributed by atoms with E-state index in [4.69, 9.17) is 4.74 Å². The number of aromatic nitrogens is 2. The molecule has 0 aliphatic carbocycles. The summed E-state index contributed by atoms with van der Waals surface area (Å²) in [5.41, 5.74) is 2.11. The van der Waals surface area contributed by atoms with Gasteiger partial charge in [0.15, 0.2) is 0 Å². The van der Waals surface area contributed by atoms with Crippen molar-refractivity contribution >= 4 is 11.9 Å². The number of methoxy groups -OCH3 is 1. The smallest absolute Gasteiger partial charge is 0.225 e. The summed E-state index contributed by atoms with van der Waals surface area (Å²) >= 11 is 0.